The van der Waals surface area contributed by atoms with Crippen molar-refractivity contribution in [3.05, 3.63) is 12.7 Å². The van der Waals surface area contributed by atoms with Crippen molar-refractivity contribution in [2.75, 3.05) is 13.2 Å². The molecule has 0 radical (unpaired) electrons. The summed E-state index contributed by atoms with van der Waals surface area (Å²) in [6, 6.07) is -1.00. The molecule has 0 aromatic carbocycles. The third-order valence-electron chi connectivity index (χ3n) is 3.98. The Bertz CT molecular complexity index is 506. The number of esters is 3. The van der Waals surface area contributed by atoms with E-state index in [-0.39, 0.29) is 31.5 Å². The predicted molar refractivity (Wildman–Crippen MR) is 107 cm³/mol. The van der Waals surface area contributed by atoms with Gasteiger partial charge < -0.3 is 19.9 Å². The second-order valence-electron chi connectivity index (χ2n) is 7.83. The first-order valence-corrected chi connectivity index (χ1v) is 9.99. The molecule has 0 bridgehead atoms. The van der Waals surface area contributed by atoms with E-state index in [1.165, 1.54) is 6.08 Å². The molecule has 162 valence electrons. The predicted octanol–water partition coefficient (Wildman–Crippen LogP) is 3.15. The lowest BCUT2D eigenvalue weighted by atomic mass is 9.99. The molecule has 7 heteroatoms. The fraction of sp³-hybridized carbons (Fsp3) is 0.762. The smallest absolute Gasteiger partial charge is 0.323 e. The minimum atomic E-state index is -1.00. The molecule has 0 rings (SSSR count). The summed E-state index contributed by atoms with van der Waals surface area (Å²) in [6.07, 6.45) is 4.82. The van der Waals surface area contributed by atoms with Gasteiger partial charge in [0.05, 0.1) is 11.8 Å². The first kappa shape index (κ1) is 26.1. The molecule has 0 amide bonds. The topological polar surface area (TPSA) is 105 Å². The van der Waals surface area contributed by atoms with Crippen molar-refractivity contribution in [2.24, 2.45) is 17.6 Å². The average Bonchev–Trinajstić information content (AvgIpc) is 2.60. The number of nitrogens with two attached hydrogens (primary N) is 1. The lowest BCUT2D eigenvalue weighted by Crippen LogP contribution is -2.38. The van der Waals surface area contributed by atoms with Gasteiger partial charge in [-0.15, -0.1) is 6.58 Å². The van der Waals surface area contributed by atoms with Crippen molar-refractivity contribution < 1.29 is 28.6 Å². The molecule has 0 aliphatic heterocycles. The summed E-state index contributed by atoms with van der Waals surface area (Å²) in [7, 11) is 0. The van der Waals surface area contributed by atoms with Gasteiger partial charge >= 0.3 is 17.9 Å². The van der Waals surface area contributed by atoms with Gasteiger partial charge in [-0.3, -0.25) is 14.4 Å². The van der Waals surface area contributed by atoms with Gasteiger partial charge in [0.25, 0.3) is 0 Å². The van der Waals surface area contributed by atoms with Gasteiger partial charge in [-0.25, -0.2) is 0 Å². The zero-order valence-electron chi connectivity index (χ0n) is 18.0. The van der Waals surface area contributed by atoms with Crippen LogP contribution in [0.2, 0.25) is 0 Å². The quantitative estimate of drug-likeness (QED) is 0.219. The van der Waals surface area contributed by atoms with Gasteiger partial charge in [0.1, 0.15) is 24.9 Å². The number of carbonyl (C=O) groups excluding carboxylic acids is 3. The molecule has 0 aliphatic carbocycles. The van der Waals surface area contributed by atoms with E-state index in [0.717, 1.165) is 25.7 Å². The molecule has 0 aromatic heterocycles. The highest BCUT2D eigenvalue weighted by atomic mass is 16.6. The molecule has 0 saturated carbocycles. The molecule has 0 saturated heterocycles. The van der Waals surface area contributed by atoms with Crippen LogP contribution in [-0.4, -0.2) is 42.8 Å². The number of hydrogen-bond donors (Lipinski definition) is 1. The Balaban J connectivity index is 4.35. The number of hydrogen-bond acceptors (Lipinski definition) is 7. The van der Waals surface area contributed by atoms with Gasteiger partial charge in [-0.05, 0) is 40.0 Å². The van der Waals surface area contributed by atoms with Crippen molar-refractivity contribution in [1.82, 2.24) is 0 Å². The van der Waals surface area contributed by atoms with Crippen molar-refractivity contribution in [3.63, 3.8) is 0 Å². The van der Waals surface area contributed by atoms with Gasteiger partial charge in [0.2, 0.25) is 0 Å². The first-order chi connectivity index (χ1) is 13.1. The van der Waals surface area contributed by atoms with Gasteiger partial charge in [-0.2, -0.15) is 0 Å². The zero-order valence-corrected chi connectivity index (χ0v) is 18.0. The Morgan fingerprint density at radius 2 is 1.46 bits per heavy atom. The first-order valence-electron chi connectivity index (χ1n) is 9.99. The highest BCUT2D eigenvalue weighted by Crippen LogP contribution is 2.17. The third-order valence-corrected chi connectivity index (χ3v) is 3.98. The van der Waals surface area contributed by atoms with Crippen LogP contribution in [0.25, 0.3) is 0 Å². The van der Waals surface area contributed by atoms with Gasteiger partial charge in [-0.1, -0.05) is 32.8 Å². The molecular formula is C21H37NO6. The van der Waals surface area contributed by atoms with Crippen molar-refractivity contribution in [3.8, 4) is 0 Å². The maximum Gasteiger partial charge on any atom is 0.323 e. The van der Waals surface area contributed by atoms with E-state index in [9.17, 15) is 14.4 Å². The molecular weight excluding hydrogens is 362 g/mol. The Kier molecular flexibility index (Phi) is 12.4. The minimum Gasteiger partial charge on any atom is -0.462 e. The largest absolute Gasteiger partial charge is 0.462 e. The van der Waals surface area contributed by atoms with Crippen molar-refractivity contribution in [1.29, 1.82) is 0 Å². The second-order valence-corrected chi connectivity index (χ2v) is 7.83. The highest BCUT2D eigenvalue weighted by molar-refractivity contribution is 5.79. The standard InChI is InChI=1S/C21H37NO6/c1-7-10-16(11-8-2)18(23)26-12-13-27-20(25)17(22)14-15(9-3)19(24)28-21(4,5)6/h9,15-17H,3,7-8,10-14,22H2,1-2,4-6H3. The molecule has 28 heavy (non-hydrogen) atoms. The van der Waals surface area contributed by atoms with Crippen LogP contribution in [0, 0.1) is 11.8 Å². The molecule has 2 unspecified atom stereocenters. The summed E-state index contributed by atoms with van der Waals surface area (Å²) >= 11 is 0. The fourth-order valence-corrected chi connectivity index (χ4v) is 2.62. The molecule has 2 atom stereocenters. The number of ether oxygens (including phenoxy) is 3. The molecule has 0 spiro atoms. The van der Waals surface area contributed by atoms with Crippen LogP contribution in [0.3, 0.4) is 0 Å². The maximum atomic E-state index is 12.1. The zero-order chi connectivity index (χ0) is 21.7. The fourth-order valence-electron chi connectivity index (χ4n) is 2.62. The highest BCUT2D eigenvalue weighted by Gasteiger charge is 2.27. The second kappa shape index (κ2) is 13.3. The van der Waals surface area contributed by atoms with Crippen LogP contribution in [0.4, 0.5) is 0 Å². The summed E-state index contributed by atoms with van der Waals surface area (Å²) in [5.41, 5.74) is 5.19. The van der Waals surface area contributed by atoms with Crippen LogP contribution < -0.4 is 5.73 Å². The average molecular weight is 400 g/mol. The van der Waals surface area contributed by atoms with E-state index in [0.29, 0.717) is 0 Å². The minimum absolute atomic E-state index is 0.0157. The van der Waals surface area contributed by atoms with E-state index in [2.05, 4.69) is 6.58 Å². The van der Waals surface area contributed by atoms with Gasteiger partial charge in [0, 0.05) is 0 Å². The normalized spacial score (nSPS) is 13.5. The summed E-state index contributed by atoms with van der Waals surface area (Å²) in [5.74, 6) is -2.23. The molecule has 0 fully saturated rings. The number of carbonyl (C=O) groups is 3. The van der Waals surface area contributed by atoms with Crippen LogP contribution in [-0.2, 0) is 28.6 Å². The third kappa shape index (κ3) is 11.1. The molecule has 0 aromatic rings. The van der Waals surface area contributed by atoms with E-state index < -0.39 is 29.5 Å². The lowest BCUT2D eigenvalue weighted by Gasteiger charge is -2.23. The molecule has 0 heterocycles. The molecule has 0 aliphatic rings. The summed E-state index contributed by atoms with van der Waals surface area (Å²) in [6.45, 7) is 12.8. The maximum absolute atomic E-state index is 12.1. The molecule has 7 nitrogen and oxygen atoms in total. The van der Waals surface area contributed by atoms with Crippen LogP contribution >= 0.6 is 0 Å². The number of rotatable bonds is 13. The van der Waals surface area contributed by atoms with E-state index >= 15 is 0 Å². The summed E-state index contributed by atoms with van der Waals surface area (Å²) in [5, 5.41) is 0. The van der Waals surface area contributed by atoms with Crippen LogP contribution in [0.15, 0.2) is 12.7 Å². The van der Waals surface area contributed by atoms with Gasteiger partial charge in [0.15, 0.2) is 0 Å². The monoisotopic (exact) mass is 399 g/mol. The Morgan fingerprint density at radius 3 is 1.89 bits per heavy atom. The Labute approximate surface area is 169 Å². The van der Waals surface area contributed by atoms with Crippen molar-refractivity contribution >= 4 is 17.9 Å². The summed E-state index contributed by atoms with van der Waals surface area (Å²) < 4.78 is 15.5. The summed E-state index contributed by atoms with van der Waals surface area (Å²) in [4.78, 5) is 36.1. The SMILES string of the molecule is C=CC(CC(N)C(=O)OCCOC(=O)C(CCC)CCC)C(=O)OC(C)(C)C. The molecule has 2 N–H and O–H groups in total. The van der Waals surface area contributed by atoms with E-state index in [4.69, 9.17) is 19.9 Å². The Hall–Kier alpha value is -1.89. The van der Waals surface area contributed by atoms with Crippen LogP contribution in [0.5, 0.6) is 0 Å². The van der Waals surface area contributed by atoms with Crippen LogP contribution in [0.1, 0.15) is 66.7 Å². The Morgan fingerprint density at radius 1 is 0.964 bits per heavy atom. The van der Waals surface area contributed by atoms with E-state index in [1.807, 2.05) is 13.8 Å². The lowest BCUT2D eigenvalue weighted by molar-refractivity contribution is -0.160. The van der Waals surface area contributed by atoms with E-state index in [1.54, 1.807) is 20.8 Å². The van der Waals surface area contributed by atoms with Crippen molar-refractivity contribution in [2.45, 2.75) is 78.4 Å².